The molecule has 0 spiro atoms. The van der Waals surface area contributed by atoms with Gasteiger partial charge in [0.1, 0.15) is 23.8 Å². The van der Waals surface area contributed by atoms with Crippen molar-refractivity contribution in [2.75, 3.05) is 0 Å². The Kier molecular flexibility index (Phi) is 8.24. The number of H-pyrrole nitrogens is 1. The Morgan fingerprint density at radius 2 is 1.93 bits per heavy atom. The zero-order valence-corrected chi connectivity index (χ0v) is 23.4. The van der Waals surface area contributed by atoms with Gasteiger partial charge in [0.05, 0.1) is 29.3 Å². The maximum Gasteiger partial charge on any atom is 0.307 e. The summed E-state index contributed by atoms with van der Waals surface area (Å²) in [6.07, 6.45) is -1.64. The van der Waals surface area contributed by atoms with Crippen LogP contribution in [0, 0.1) is 36.4 Å². The number of carbonyl (C=O) groups excluding carboxylic acids is 2. The second-order valence-electron chi connectivity index (χ2n) is 10.8. The van der Waals surface area contributed by atoms with E-state index in [0.717, 1.165) is 0 Å². The topological polar surface area (TPSA) is 128 Å². The average molecular weight is 564 g/mol. The molecule has 1 aliphatic heterocycles. The first-order chi connectivity index (χ1) is 19.3. The molecule has 4 atom stereocenters. The summed E-state index contributed by atoms with van der Waals surface area (Å²) in [5, 5.41) is 18.6. The Labute approximate surface area is 236 Å². The molecule has 214 valence electrons. The minimum atomic E-state index is -1.53. The summed E-state index contributed by atoms with van der Waals surface area (Å²) in [4.78, 5) is 40.2. The van der Waals surface area contributed by atoms with Crippen LogP contribution < -0.4 is 15.6 Å². The predicted octanol–water partition coefficient (Wildman–Crippen LogP) is 4.67. The van der Waals surface area contributed by atoms with Crippen LogP contribution in [0.5, 0.6) is 11.5 Å². The van der Waals surface area contributed by atoms with Crippen LogP contribution in [-0.4, -0.2) is 45.2 Å². The van der Waals surface area contributed by atoms with Crippen LogP contribution in [0.1, 0.15) is 60.4 Å². The molecule has 1 saturated heterocycles. The third kappa shape index (κ3) is 6.11. The number of nitrogens with zero attached hydrogens (tertiary/aromatic N) is 3. The standard InChI is InChI=1S/C30H31F2N5O4/c1-16-11-20(9-10-23(16)41-24-12-17(2)35-36-28(24)39)27(38)34-18(3)29(40)37-25(30(4,5)15-33)14-22(32)26(37)19-7-6-8-21(31)13-19/h6-13,18,22,25-26H,14H2,1-5H3,(H,34,38)(H,36,39)/t18?,22-,25+,26+/m0/s1. The van der Waals surface area contributed by atoms with Crippen LogP contribution in [0.3, 0.4) is 0 Å². The third-order valence-corrected chi connectivity index (χ3v) is 7.27. The summed E-state index contributed by atoms with van der Waals surface area (Å²) in [6.45, 7) is 8.12. The van der Waals surface area contributed by atoms with Crippen molar-refractivity contribution in [3.8, 4) is 17.6 Å². The lowest BCUT2D eigenvalue weighted by Gasteiger charge is -2.37. The lowest BCUT2D eigenvalue weighted by molar-refractivity contribution is -0.138. The highest BCUT2D eigenvalue weighted by Gasteiger charge is 2.51. The molecule has 9 nitrogen and oxygen atoms in total. The van der Waals surface area contributed by atoms with E-state index in [0.29, 0.717) is 17.0 Å². The average Bonchev–Trinajstić information content (AvgIpc) is 3.29. The molecule has 2 amide bonds. The quantitative estimate of drug-likeness (QED) is 0.430. The number of nitrogens with one attached hydrogen (secondary N) is 2. The second kappa shape index (κ2) is 11.5. The van der Waals surface area contributed by atoms with Crippen molar-refractivity contribution in [3.63, 3.8) is 0 Å². The van der Waals surface area contributed by atoms with E-state index >= 15 is 4.39 Å². The van der Waals surface area contributed by atoms with Gasteiger partial charge in [-0.15, -0.1) is 0 Å². The van der Waals surface area contributed by atoms with Crippen LogP contribution in [0.4, 0.5) is 8.78 Å². The number of aromatic nitrogens is 2. The summed E-state index contributed by atoms with van der Waals surface area (Å²) in [7, 11) is 0. The molecule has 1 unspecified atom stereocenters. The van der Waals surface area contributed by atoms with Gasteiger partial charge in [-0.05, 0) is 76.1 Å². The predicted molar refractivity (Wildman–Crippen MR) is 146 cm³/mol. The summed E-state index contributed by atoms with van der Waals surface area (Å²) in [5.41, 5.74) is 0.0190. The molecule has 0 aliphatic carbocycles. The zero-order valence-electron chi connectivity index (χ0n) is 23.4. The number of nitriles is 1. The Hall–Kier alpha value is -4.59. The number of carbonyl (C=O) groups is 2. The van der Waals surface area contributed by atoms with Crippen molar-refractivity contribution in [1.82, 2.24) is 20.4 Å². The molecule has 0 bridgehead atoms. The normalized spacial score (nSPS) is 19.4. The molecular weight excluding hydrogens is 532 g/mol. The van der Waals surface area contributed by atoms with E-state index in [9.17, 15) is 24.0 Å². The number of halogens is 2. The van der Waals surface area contributed by atoms with Crippen LogP contribution in [0.25, 0.3) is 0 Å². The summed E-state index contributed by atoms with van der Waals surface area (Å²) < 4.78 is 35.2. The van der Waals surface area contributed by atoms with E-state index in [2.05, 4.69) is 21.6 Å². The number of hydrogen-bond acceptors (Lipinski definition) is 6. The van der Waals surface area contributed by atoms with Gasteiger partial charge >= 0.3 is 5.56 Å². The number of aryl methyl sites for hydroxylation is 2. The molecule has 2 N–H and O–H groups in total. The van der Waals surface area contributed by atoms with Crippen molar-refractivity contribution in [2.45, 2.75) is 65.3 Å². The number of alkyl halides is 1. The molecule has 1 fully saturated rings. The van der Waals surface area contributed by atoms with Gasteiger partial charge in [0.25, 0.3) is 5.91 Å². The number of likely N-dealkylation sites (tertiary alicyclic amines) is 1. The first kappa shape index (κ1) is 29.4. The molecule has 0 saturated carbocycles. The van der Waals surface area contributed by atoms with Crippen molar-refractivity contribution in [2.24, 2.45) is 5.41 Å². The van der Waals surface area contributed by atoms with Crippen molar-refractivity contribution >= 4 is 11.8 Å². The lowest BCUT2D eigenvalue weighted by atomic mass is 9.84. The Morgan fingerprint density at radius 1 is 1.20 bits per heavy atom. The molecule has 4 rings (SSSR count). The van der Waals surface area contributed by atoms with Crippen LogP contribution >= 0.6 is 0 Å². The molecule has 3 aromatic rings. The van der Waals surface area contributed by atoms with Gasteiger partial charge in [-0.1, -0.05) is 12.1 Å². The SMILES string of the molecule is Cc1cc(Oc2ccc(C(=O)NC(C)C(=O)N3[C@H](c4cccc(F)c4)[C@@H](F)C[C@@H]3C(C)(C)C#N)cc2C)c(=O)[nH]n1. The van der Waals surface area contributed by atoms with Gasteiger partial charge in [0.15, 0.2) is 5.75 Å². The van der Waals surface area contributed by atoms with E-state index < -0.39 is 52.9 Å². The second-order valence-corrected chi connectivity index (χ2v) is 10.8. The minimum Gasteiger partial charge on any atom is -0.451 e. The number of rotatable bonds is 7. The highest BCUT2D eigenvalue weighted by molar-refractivity contribution is 5.98. The highest BCUT2D eigenvalue weighted by Crippen LogP contribution is 2.45. The van der Waals surface area contributed by atoms with E-state index in [-0.39, 0.29) is 23.3 Å². The zero-order chi connectivity index (χ0) is 30.1. The van der Waals surface area contributed by atoms with Gasteiger partial charge in [-0.3, -0.25) is 14.4 Å². The van der Waals surface area contributed by atoms with Crippen molar-refractivity contribution in [3.05, 3.63) is 87.1 Å². The highest BCUT2D eigenvalue weighted by atomic mass is 19.1. The number of hydrogen-bond donors (Lipinski definition) is 2. The van der Waals surface area contributed by atoms with E-state index in [1.54, 1.807) is 39.8 Å². The fraction of sp³-hybridized carbons (Fsp3) is 0.367. The first-order valence-corrected chi connectivity index (χ1v) is 13.1. The molecule has 2 heterocycles. The summed E-state index contributed by atoms with van der Waals surface area (Å²) in [6, 6.07) is 10.6. The largest absolute Gasteiger partial charge is 0.451 e. The summed E-state index contributed by atoms with van der Waals surface area (Å²) >= 11 is 0. The van der Waals surface area contributed by atoms with Gasteiger partial charge < -0.3 is 15.0 Å². The van der Waals surface area contributed by atoms with Gasteiger partial charge in [-0.2, -0.15) is 10.4 Å². The van der Waals surface area contributed by atoms with E-state index in [1.165, 1.54) is 48.2 Å². The molecular formula is C30H31F2N5O4. The number of amides is 2. The Balaban J connectivity index is 1.56. The smallest absolute Gasteiger partial charge is 0.307 e. The maximum absolute atomic E-state index is 15.5. The Bertz CT molecular complexity index is 1580. The number of benzene rings is 2. The van der Waals surface area contributed by atoms with Crippen LogP contribution in [0.15, 0.2) is 53.3 Å². The molecule has 41 heavy (non-hydrogen) atoms. The van der Waals surface area contributed by atoms with Crippen LogP contribution in [-0.2, 0) is 4.79 Å². The molecule has 11 heteroatoms. The van der Waals surface area contributed by atoms with Crippen LogP contribution in [0.2, 0.25) is 0 Å². The van der Waals surface area contributed by atoms with Gasteiger partial charge in [-0.25, -0.2) is 13.9 Å². The monoisotopic (exact) mass is 563 g/mol. The van der Waals surface area contributed by atoms with Gasteiger partial charge in [0.2, 0.25) is 5.91 Å². The molecule has 1 aliphatic rings. The van der Waals surface area contributed by atoms with Gasteiger partial charge in [0, 0.05) is 18.1 Å². The van der Waals surface area contributed by atoms with Crippen molar-refractivity contribution < 1.29 is 23.1 Å². The van der Waals surface area contributed by atoms with E-state index in [1.807, 2.05) is 0 Å². The lowest BCUT2D eigenvalue weighted by Crippen LogP contribution is -2.52. The molecule has 0 radical (unpaired) electrons. The maximum atomic E-state index is 15.5. The number of ether oxygens (including phenoxy) is 1. The first-order valence-electron chi connectivity index (χ1n) is 13.1. The fourth-order valence-electron chi connectivity index (χ4n) is 5.04. The molecule has 2 aromatic carbocycles. The fourth-order valence-corrected chi connectivity index (χ4v) is 5.04. The summed E-state index contributed by atoms with van der Waals surface area (Å²) in [5.74, 6) is -1.32. The van der Waals surface area contributed by atoms with Crippen molar-refractivity contribution in [1.29, 1.82) is 5.26 Å². The minimum absolute atomic E-state index is 0.0523. The van der Waals surface area contributed by atoms with E-state index in [4.69, 9.17) is 4.74 Å². The Morgan fingerprint density at radius 3 is 2.59 bits per heavy atom. The molecule has 1 aromatic heterocycles. The number of aromatic amines is 1. The third-order valence-electron chi connectivity index (χ3n) is 7.27.